The molecule has 0 atom stereocenters. The molecule has 10 heteroatoms. The van der Waals surface area contributed by atoms with Crippen molar-refractivity contribution in [3.63, 3.8) is 0 Å². The molecule has 0 aliphatic carbocycles. The number of fused-ring (bicyclic) bond motifs is 1. The molecular weight excluding hydrogens is 311 g/mol. The summed E-state index contributed by atoms with van der Waals surface area (Å²) < 4.78 is 39.5. The molecule has 0 fully saturated rings. The number of pyridine rings is 1. The van der Waals surface area contributed by atoms with Crippen LogP contribution in [0.3, 0.4) is 0 Å². The van der Waals surface area contributed by atoms with Crippen LogP contribution in [-0.2, 0) is 12.6 Å². The topological polar surface area (TPSA) is 108 Å². The number of rotatable bonds is 2. The Balaban J connectivity index is 2.01. The van der Waals surface area contributed by atoms with Gasteiger partial charge in [-0.05, 0) is 19.1 Å². The first-order valence-corrected chi connectivity index (χ1v) is 6.54. The van der Waals surface area contributed by atoms with Crippen molar-refractivity contribution in [2.24, 2.45) is 0 Å². The van der Waals surface area contributed by atoms with E-state index in [1.807, 2.05) is 0 Å². The molecule has 0 aromatic carbocycles. The molecular formula is C13H12F3N7. The van der Waals surface area contributed by atoms with Crippen molar-refractivity contribution in [1.29, 1.82) is 0 Å². The Kier molecular flexibility index (Phi) is 3.31. The molecule has 0 aliphatic heterocycles. The molecule has 0 bridgehead atoms. The number of hydrogen-bond donors (Lipinski definition) is 2. The average molecular weight is 323 g/mol. The van der Waals surface area contributed by atoms with Gasteiger partial charge in [-0.2, -0.15) is 27.8 Å². The molecule has 120 valence electrons. The normalized spacial score (nSPS) is 12.0. The van der Waals surface area contributed by atoms with Crippen LogP contribution in [0, 0.1) is 6.92 Å². The zero-order valence-electron chi connectivity index (χ0n) is 12.0. The second-order valence-corrected chi connectivity index (χ2v) is 4.94. The summed E-state index contributed by atoms with van der Waals surface area (Å²) in [6.45, 7) is 1.73. The van der Waals surface area contributed by atoms with E-state index < -0.39 is 17.6 Å². The minimum atomic E-state index is -4.54. The Hall–Kier alpha value is -2.91. The Bertz CT molecular complexity index is 885. The molecule has 7 nitrogen and oxygen atoms in total. The highest BCUT2D eigenvalue weighted by atomic mass is 19.4. The van der Waals surface area contributed by atoms with Gasteiger partial charge >= 0.3 is 6.18 Å². The highest BCUT2D eigenvalue weighted by molar-refractivity contribution is 5.51. The minimum absolute atomic E-state index is 0.183. The Morgan fingerprint density at radius 2 is 1.91 bits per heavy atom. The van der Waals surface area contributed by atoms with Crippen LogP contribution in [0.2, 0.25) is 0 Å². The zero-order valence-corrected chi connectivity index (χ0v) is 12.0. The number of halogens is 3. The van der Waals surface area contributed by atoms with Gasteiger partial charge in [0, 0.05) is 23.4 Å². The molecule has 3 rings (SSSR count). The maximum absolute atomic E-state index is 12.7. The van der Waals surface area contributed by atoms with Crippen LogP contribution >= 0.6 is 0 Å². The van der Waals surface area contributed by atoms with Crippen molar-refractivity contribution in [1.82, 2.24) is 24.6 Å². The highest BCUT2D eigenvalue weighted by Crippen LogP contribution is 2.33. The molecule has 0 spiro atoms. The fraction of sp³-hybridized carbons (Fsp3) is 0.231. The Morgan fingerprint density at radius 3 is 2.57 bits per heavy atom. The van der Waals surface area contributed by atoms with Gasteiger partial charge in [0.1, 0.15) is 18.0 Å². The highest BCUT2D eigenvalue weighted by Gasteiger charge is 2.33. The van der Waals surface area contributed by atoms with Crippen LogP contribution < -0.4 is 11.5 Å². The van der Waals surface area contributed by atoms with Crippen molar-refractivity contribution in [3.05, 3.63) is 41.0 Å². The van der Waals surface area contributed by atoms with E-state index in [0.717, 1.165) is 6.07 Å². The van der Waals surface area contributed by atoms with E-state index in [1.165, 1.54) is 16.9 Å². The van der Waals surface area contributed by atoms with Gasteiger partial charge in [-0.1, -0.05) is 0 Å². The monoisotopic (exact) mass is 323 g/mol. The lowest BCUT2D eigenvalue weighted by Gasteiger charge is -2.12. The van der Waals surface area contributed by atoms with Gasteiger partial charge < -0.3 is 11.5 Å². The van der Waals surface area contributed by atoms with E-state index in [1.54, 1.807) is 6.92 Å². The van der Waals surface area contributed by atoms with E-state index in [4.69, 9.17) is 11.5 Å². The lowest BCUT2D eigenvalue weighted by Crippen LogP contribution is -2.13. The van der Waals surface area contributed by atoms with E-state index in [2.05, 4.69) is 20.1 Å². The second kappa shape index (κ2) is 5.07. The van der Waals surface area contributed by atoms with Gasteiger partial charge in [0.05, 0.1) is 5.56 Å². The summed E-state index contributed by atoms with van der Waals surface area (Å²) in [5, 5.41) is 3.95. The third-order valence-electron chi connectivity index (χ3n) is 3.42. The second-order valence-electron chi connectivity index (χ2n) is 4.94. The van der Waals surface area contributed by atoms with E-state index in [-0.39, 0.29) is 6.42 Å². The zero-order chi connectivity index (χ0) is 16.8. The Morgan fingerprint density at radius 1 is 1.17 bits per heavy atom. The van der Waals surface area contributed by atoms with Gasteiger partial charge in [-0.3, -0.25) is 0 Å². The summed E-state index contributed by atoms with van der Waals surface area (Å²) in [6, 6.07) is 2.17. The fourth-order valence-electron chi connectivity index (χ4n) is 2.27. The number of alkyl halides is 3. The quantitative estimate of drug-likeness (QED) is 0.741. The average Bonchev–Trinajstić information content (AvgIpc) is 2.90. The third-order valence-corrected chi connectivity index (χ3v) is 3.42. The SMILES string of the molecule is Cc1nc2ncnn2c(N)c1Cc1ccc(C(F)(F)F)c(N)n1. The first-order valence-electron chi connectivity index (χ1n) is 6.54. The molecule has 23 heavy (non-hydrogen) atoms. The summed E-state index contributed by atoms with van der Waals surface area (Å²) in [5.41, 5.74) is 12.0. The van der Waals surface area contributed by atoms with Crippen molar-refractivity contribution in [2.45, 2.75) is 19.5 Å². The van der Waals surface area contributed by atoms with Gasteiger partial charge in [0.15, 0.2) is 0 Å². The fourth-order valence-corrected chi connectivity index (χ4v) is 2.27. The number of nitrogens with zero attached hydrogens (tertiary/aromatic N) is 5. The maximum Gasteiger partial charge on any atom is 0.419 e. The Labute approximate surface area is 128 Å². The molecule has 0 saturated heterocycles. The predicted molar refractivity (Wildman–Crippen MR) is 76.4 cm³/mol. The molecule has 0 saturated carbocycles. The van der Waals surface area contributed by atoms with E-state index >= 15 is 0 Å². The van der Waals surface area contributed by atoms with Crippen LogP contribution in [0.15, 0.2) is 18.5 Å². The van der Waals surface area contributed by atoms with Gasteiger partial charge in [-0.15, -0.1) is 0 Å². The molecule has 3 aromatic heterocycles. The molecule has 0 radical (unpaired) electrons. The van der Waals surface area contributed by atoms with Gasteiger partial charge in [-0.25, -0.2) is 9.97 Å². The predicted octanol–water partition coefficient (Wildman–Crippen LogP) is 1.60. The van der Waals surface area contributed by atoms with Crippen molar-refractivity contribution >= 4 is 17.4 Å². The van der Waals surface area contributed by atoms with E-state index in [9.17, 15) is 13.2 Å². The summed E-state index contributed by atoms with van der Waals surface area (Å²) in [4.78, 5) is 12.0. The number of hydrogen-bond acceptors (Lipinski definition) is 6. The maximum atomic E-state index is 12.7. The van der Waals surface area contributed by atoms with Gasteiger partial charge in [0.25, 0.3) is 5.78 Å². The smallest absolute Gasteiger partial charge is 0.383 e. The van der Waals surface area contributed by atoms with Crippen LogP contribution in [0.5, 0.6) is 0 Å². The summed E-state index contributed by atoms with van der Waals surface area (Å²) in [7, 11) is 0. The molecule has 0 amide bonds. The molecule has 4 N–H and O–H groups in total. The largest absolute Gasteiger partial charge is 0.419 e. The first-order chi connectivity index (χ1) is 10.8. The molecule has 3 aromatic rings. The lowest BCUT2D eigenvalue weighted by molar-refractivity contribution is -0.137. The third kappa shape index (κ3) is 2.62. The van der Waals surface area contributed by atoms with Crippen molar-refractivity contribution < 1.29 is 13.2 Å². The van der Waals surface area contributed by atoms with Crippen LogP contribution in [0.4, 0.5) is 24.8 Å². The standard InChI is InChI=1S/C13H12F3N7/c1-6-8(11(18)23-12(21-6)19-5-20-23)4-7-2-3-9(10(17)22-7)13(14,15)16/h2-3,5H,4,18H2,1H3,(H2,17,22). The number of anilines is 2. The molecule has 0 aliphatic rings. The van der Waals surface area contributed by atoms with E-state index in [0.29, 0.717) is 28.5 Å². The van der Waals surface area contributed by atoms with Crippen LogP contribution in [-0.4, -0.2) is 24.6 Å². The van der Waals surface area contributed by atoms with Crippen molar-refractivity contribution in [2.75, 3.05) is 11.5 Å². The molecule has 3 heterocycles. The van der Waals surface area contributed by atoms with Crippen LogP contribution in [0.1, 0.15) is 22.5 Å². The summed E-state index contributed by atoms with van der Waals surface area (Å²) in [6.07, 6.45) is -3.04. The minimum Gasteiger partial charge on any atom is -0.383 e. The lowest BCUT2D eigenvalue weighted by atomic mass is 10.1. The summed E-state index contributed by atoms with van der Waals surface area (Å²) >= 11 is 0. The number of aromatic nitrogens is 5. The number of nitrogens with two attached hydrogens (primary N) is 2. The molecule has 0 unspecified atom stereocenters. The number of aryl methyl sites for hydroxylation is 1. The number of nitrogen functional groups attached to an aromatic ring is 2. The van der Waals surface area contributed by atoms with Gasteiger partial charge in [0.2, 0.25) is 0 Å². The van der Waals surface area contributed by atoms with Crippen molar-refractivity contribution in [3.8, 4) is 0 Å². The summed E-state index contributed by atoms with van der Waals surface area (Å²) in [5.74, 6) is 0.0925. The van der Waals surface area contributed by atoms with Crippen LogP contribution in [0.25, 0.3) is 5.78 Å². The first kappa shape index (κ1) is 15.0.